The van der Waals surface area contributed by atoms with Gasteiger partial charge in [0.15, 0.2) is 0 Å². The molecule has 0 fully saturated rings. The number of nitrogens with one attached hydrogen (secondary N) is 1. The molecule has 0 aromatic heterocycles. The number of fused-ring (bicyclic) bond motifs is 1. The second kappa shape index (κ2) is 8.90. The van der Waals surface area contributed by atoms with Crippen molar-refractivity contribution in [2.24, 2.45) is 5.92 Å². The minimum absolute atomic E-state index is 0.102. The Morgan fingerprint density at radius 1 is 1.10 bits per heavy atom. The third-order valence-corrected chi connectivity index (χ3v) is 5.49. The zero-order valence-electron chi connectivity index (χ0n) is 16.9. The summed E-state index contributed by atoms with van der Waals surface area (Å²) in [7, 11) is 1.30. The number of rotatable bonds is 7. The topological polar surface area (TPSA) is 75.7 Å². The molecule has 1 heterocycles. The normalized spacial score (nSPS) is 16.0. The molecule has 0 saturated heterocycles. The van der Waals surface area contributed by atoms with Crippen molar-refractivity contribution in [3.63, 3.8) is 0 Å². The maximum Gasteiger partial charge on any atom is 0.328 e. The molecule has 1 N–H and O–H groups in total. The van der Waals surface area contributed by atoms with E-state index in [1.807, 2.05) is 62.4 Å². The van der Waals surface area contributed by atoms with Crippen LogP contribution in [-0.4, -0.2) is 35.8 Å². The zero-order chi connectivity index (χ0) is 21.0. The van der Waals surface area contributed by atoms with Crippen molar-refractivity contribution in [2.45, 2.75) is 38.9 Å². The van der Waals surface area contributed by atoms with Crippen LogP contribution in [0.2, 0.25) is 0 Å². The highest BCUT2D eigenvalue weighted by Crippen LogP contribution is 2.32. The monoisotopic (exact) mass is 394 g/mol. The van der Waals surface area contributed by atoms with Crippen LogP contribution in [-0.2, 0) is 20.9 Å². The molecular weight excluding hydrogens is 368 g/mol. The van der Waals surface area contributed by atoms with Crippen molar-refractivity contribution in [1.29, 1.82) is 0 Å². The van der Waals surface area contributed by atoms with Gasteiger partial charge < -0.3 is 15.0 Å². The van der Waals surface area contributed by atoms with Gasteiger partial charge in [-0.1, -0.05) is 68.8 Å². The van der Waals surface area contributed by atoms with Gasteiger partial charge >= 0.3 is 5.97 Å². The second-order valence-corrected chi connectivity index (χ2v) is 7.30. The first-order valence-electron chi connectivity index (χ1n) is 9.80. The van der Waals surface area contributed by atoms with E-state index in [0.29, 0.717) is 24.1 Å². The van der Waals surface area contributed by atoms with Crippen molar-refractivity contribution in [3.8, 4) is 0 Å². The van der Waals surface area contributed by atoms with Crippen molar-refractivity contribution < 1.29 is 19.1 Å². The molecule has 6 nitrogen and oxygen atoms in total. The Morgan fingerprint density at radius 2 is 1.76 bits per heavy atom. The molecule has 29 heavy (non-hydrogen) atoms. The Hall–Kier alpha value is -3.15. The summed E-state index contributed by atoms with van der Waals surface area (Å²) < 4.78 is 4.88. The Kier molecular flexibility index (Phi) is 6.32. The average Bonchev–Trinajstić information content (AvgIpc) is 3.08. The van der Waals surface area contributed by atoms with Crippen LogP contribution in [0, 0.1) is 5.92 Å². The molecule has 3 rings (SSSR count). The first kappa shape index (κ1) is 20.6. The molecule has 0 aliphatic carbocycles. The first-order chi connectivity index (χ1) is 14.0. The van der Waals surface area contributed by atoms with E-state index in [1.54, 1.807) is 11.0 Å². The molecule has 0 saturated carbocycles. The van der Waals surface area contributed by atoms with E-state index in [4.69, 9.17) is 4.74 Å². The second-order valence-electron chi connectivity index (χ2n) is 7.30. The largest absolute Gasteiger partial charge is 0.467 e. The fourth-order valence-corrected chi connectivity index (χ4v) is 3.62. The molecule has 0 bridgehead atoms. The van der Waals surface area contributed by atoms with Gasteiger partial charge in [-0.3, -0.25) is 9.59 Å². The maximum absolute atomic E-state index is 13.4. The summed E-state index contributed by atoms with van der Waals surface area (Å²) in [4.78, 5) is 40.2. The third kappa shape index (κ3) is 4.16. The van der Waals surface area contributed by atoms with Gasteiger partial charge in [-0.05, 0) is 23.1 Å². The van der Waals surface area contributed by atoms with Gasteiger partial charge in [0.2, 0.25) is 5.91 Å². The summed E-state index contributed by atoms with van der Waals surface area (Å²) in [6.45, 7) is 4.17. The molecule has 0 radical (unpaired) electrons. The highest BCUT2D eigenvalue weighted by Gasteiger charge is 2.39. The number of hydrogen-bond acceptors (Lipinski definition) is 4. The van der Waals surface area contributed by atoms with Gasteiger partial charge in [-0.15, -0.1) is 0 Å². The molecule has 2 amide bonds. The lowest BCUT2D eigenvalue weighted by atomic mass is 9.97. The van der Waals surface area contributed by atoms with Crippen molar-refractivity contribution in [3.05, 3.63) is 71.3 Å². The maximum atomic E-state index is 13.4. The number of hydrogen-bond donors (Lipinski definition) is 1. The van der Waals surface area contributed by atoms with E-state index in [-0.39, 0.29) is 11.8 Å². The van der Waals surface area contributed by atoms with E-state index in [1.165, 1.54) is 7.11 Å². The van der Waals surface area contributed by atoms with Crippen LogP contribution in [0.5, 0.6) is 0 Å². The fourth-order valence-electron chi connectivity index (χ4n) is 3.62. The molecule has 152 valence electrons. The van der Waals surface area contributed by atoms with E-state index in [9.17, 15) is 14.4 Å². The smallest absolute Gasteiger partial charge is 0.328 e. The van der Waals surface area contributed by atoms with Gasteiger partial charge in [-0.25, -0.2) is 4.79 Å². The molecule has 0 spiro atoms. The van der Waals surface area contributed by atoms with Gasteiger partial charge in [0, 0.05) is 12.1 Å². The van der Waals surface area contributed by atoms with Crippen molar-refractivity contribution in [2.75, 3.05) is 7.11 Å². The van der Waals surface area contributed by atoms with Crippen LogP contribution in [0.1, 0.15) is 47.8 Å². The number of nitrogens with zero attached hydrogens (tertiary/aromatic N) is 1. The number of esters is 1. The lowest BCUT2D eigenvalue weighted by Gasteiger charge is -2.30. The van der Waals surface area contributed by atoms with Crippen LogP contribution in [0.25, 0.3) is 0 Å². The van der Waals surface area contributed by atoms with Crippen molar-refractivity contribution >= 4 is 17.8 Å². The van der Waals surface area contributed by atoms with E-state index < -0.39 is 24.0 Å². The first-order valence-corrected chi connectivity index (χ1v) is 9.80. The number of methoxy groups -OCH3 is 1. The summed E-state index contributed by atoms with van der Waals surface area (Å²) in [5, 5.41) is 2.83. The third-order valence-electron chi connectivity index (χ3n) is 5.49. The molecule has 2 aromatic carbocycles. The average molecular weight is 394 g/mol. The molecule has 2 aromatic rings. The van der Waals surface area contributed by atoms with Gasteiger partial charge in [0.1, 0.15) is 12.1 Å². The van der Waals surface area contributed by atoms with Crippen molar-refractivity contribution in [1.82, 2.24) is 10.2 Å². The summed E-state index contributed by atoms with van der Waals surface area (Å²) in [5.74, 6) is -1.18. The predicted molar refractivity (Wildman–Crippen MR) is 109 cm³/mol. The molecular formula is C23H26N2O4. The number of ether oxygens (including phenoxy) is 1. The number of carbonyl (C=O) groups excluding carboxylic acids is 3. The molecule has 0 unspecified atom stereocenters. The van der Waals surface area contributed by atoms with Gasteiger partial charge in [0.25, 0.3) is 5.91 Å². The Morgan fingerprint density at radius 3 is 2.38 bits per heavy atom. The summed E-state index contributed by atoms with van der Waals surface area (Å²) >= 11 is 0. The molecule has 1 aliphatic rings. The van der Waals surface area contributed by atoms with Crippen LogP contribution < -0.4 is 5.32 Å². The highest BCUT2D eigenvalue weighted by atomic mass is 16.5. The minimum atomic E-state index is -0.840. The van der Waals surface area contributed by atoms with E-state index in [2.05, 4.69) is 5.32 Å². The lowest BCUT2D eigenvalue weighted by molar-refractivity contribution is -0.147. The summed E-state index contributed by atoms with van der Waals surface area (Å²) in [6, 6.07) is 14.9. The Labute approximate surface area is 170 Å². The number of amides is 2. The minimum Gasteiger partial charge on any atom is -0.467 e. The number of carbonyl (C=O) groups is 3. The molecule has 1 aliphatic heterocycles. The molecule has 3 atom stereocenters. The summed E-state index contributed by atoms with van der Waals surface area (Å²) in [5.41, 5.74) is 2.18. The van der Waals surface area contributed by atoms with Crippen LogP contribution in [0.4, 0.5) is 0 Å². The standard InChI is InChI=1S/C23H26N2O4/c1-4-15(2)19(23(28)29-3)24-21(26)20(16-10-6-5-7-11-16)25-14-17-12-8-9-13-18(17)22(25)27/h5-13,15,19-20H,4,14H2,1-3H3,(H,24,26)/t15-,19+,20+/m0/s1. The van der Waals surface area contributed by atoms with Crippen LogP contribution in [0.15, 0.2) is 54.6 Å². The summed E-state index contributed by atoms with van der Waals surface area (Å²) in [6.07, 6.45) is 0.699. The molecule has 6 heteroatoms. The Bertz CT molecular complexity index is 897. The SMILES string of the molecule is CC[C@H](C)[C@@H](NC(=O)[C@@H](c1ccccc1)N1Cc2ccccc2C1=O)C(=O)OC. The van der Waals surface area contributed by atoms with Crippen LogP contribution >= 0.6 is 0 Å². The van der Waals surface area contributed by atoms with E-state index in [0.717, 1.165) is 5.56 Å². The van der Waals surface area contributed by atoms with Gasteiger partial charge in [0.05, 0.1) is 7.11 Å². The predicted octanol–water partition coefficient (Wildman–Crippen LogP) is 3.09. The van der Waals surface area contributed by atoms with E-state index >= 15 is 0 Å². The Balaban J connectivity index is 1.94. The lowest BCUT2D eigenvalue weighted by Crippen LogP contribution is -2.50. The quantitative estimate of drug-likeness (QED) is 0.733. The van der Waals surface area contributed by atoms with Crippen LogP contribution in [0.3, 0.4) is 0 Å². The van der Waals surface area contributed by atoms with Gasteiger partial charge in [-0.2, -0.15) is 0 Å². The fraction of sp³-hybridized carbons (Fsp3) is 0.348. The number of benzene rings is 2. The zero-order valence-corrected chi connectivity index (χ0v) is 16.9. The highest BCUT2D eigenvalue weighted by molar-refractivity contribution is 6.01.